The van der Waals surface area contributed by atoms with E-state index in [4.69, 9.17) is 11.6 Å². The van der Waals surface area contributed by atoms with Crippen LogP contribution >= 0.6 is 39.3 Å². The highest BCUT2D eigenvalue weighted by molar-refractivity contribution is 9.10. The lowest BCUT2D eigenvalue weighted by atomic mass is 9.97. The molecular weight excluding hydrogens is 308 g/mol. The van der Waals surface area contributed by atoms with E-state index in [2.05, 4.69) is 15.9 Å². The monoisotopic (exact) mass is 318 g/mol. The van der Waals surface area contributed by atoms with Gasteiger partial charge < -0.3 is 0 Å². The molecule has 2 rings (SSSR count). The number of Topliss-reactive ketones (excluding diaryl/α,β-unsaturated/α-hetero) is 1. The van der Waals surface area contributed by atoms with Crippen LogP contribution in [-0.4, -0.2) is 17.3 Å². The molecule has 16 heavy (non-hydrogen) atoms. The normalized spacial score (nSPS) is 20.0. The summed E-state index contributed by atoms with van der Waals surface area (Å²) in [4.78, 5) is 12.0. The largest absolute Gasteiger partial charge is 0.299 e. The third-order valence-electron chi connectivity index (χ3n) is 2.76. The van der Waals surface area contributed by atoms with Gasteiger partial charge in [-0.25, -0.2) is 0 Å². The van der Waals surface area contributed by atoms with Crippen molar-refractivity contribution in [3.8, 4) is 0 Å². The number of hydrogen-bond acceptors (Lipinski definition) is 2. The SMILES string of the molecule is O=C(Cc1ccc(Br)cc1Cl)C1CCSC1. The van der Waals surface area contributed by atoms with Gasteiger partial charge in [0.2, 0.25) is 0 Å². The van der Waals surface area contributed by atoms with Crippen LogP contribution in [0.1, 0.15) is 12.0 Å². The second-order valence-corrected chi connectivity index (χ2v) is 6.41. The van der Waals surface area contributed by atoms with Gasteiger partial charge >= 0.3 is 0 Å². The third kappa shape index (κ3) is 3.02. The van der Waals surface area contributed by atoms with Crippen LogP contribution in [0.25, 0.3) is 0 Å². The molecule has 1 aliphatic heterocycles. The van der Waals surface area contributed by atoms with Crippen LogP contribution in [0.5, 0.6) is 0 Å². The zero-order chi connectivity index (χ0) is 11.5. The molecule has 1 heterocycles. The van der Waals surface area contributed by atoms with Gasteiger partial charge in [0.25, 0.3) is 0 Å². The second-order valence-electron chi connectivity index (χ2n) is 3.94. The molecule has 1 aromatic carbocycles. The molecule has 0 N–H and O–H groups in total. The molecule has 86 valence electrons. The molecule has 1 nitrogen and oxygen atoms in total. The Kier molecular flexibility index (Phi) is 4.34. The Morgan fingerprint density at radius 1 is 1.56 bits per heavy atom. The molecule has 4 heteroatoms. The highest BCUT2D eigenvalue weighted by Gasteiger charge is 2.23. The predicted molar refractivity (Wildman–Crippen MR) is 73.3 cm³/mol. The topological polar surface area (TPSA) is 17.1 Å². The van der Waals surface area contributed by atoms with Gasteiger partial charge in [-0.1, -0.05) is 33.6 Å². The first-order valence-corrected chi connectivity index (χ1v) is 7.54. The van der Waals surface area contributed by atoms with Crippen molar-refractivity contribution < 1.29 is 4.79 Å². The molecule has 1 fully saturated rings. The van der Waals surface area contributed by atoms with Crippen LogP contribution in [0.2, 0.25) is 5.02 Å². The van der Waals surface area contributed by atoms with Crippen LogP contribution in [0.4, 0.5) is 0 Å². The van der Waals surface area contributed by atoms with Crippen LogP contribution in [0, 0.1) is 5.92 Å². The summed E-state index contributed by atoms with van der Waals surface area (Å²) < 4.78 is 0.949. The number of benzene rings is 1. The average Bonchev–Trinajstić information content (AvgIpc) is 2.75. The summed E-state index contributed by atoms with van der Waals surface area (Å²) >= 11 is 11.3. The van der Waals surface area contributed by atoms with Crippen molar-refractivity contribution in [1.29, 1.82) is 0 Å². The molecular formula is C12H12BrClOS. The van der Waals surface area contributed by atoms with Gasteiger partial charge in [0.15, 0.2) is 0 Å². The highest BCUT2D eigenvalue weighted by Crippen LogP contribution is 2.27. The molecule has 1 aliphatic rings. The van der Waals surface area contributed by atoms with E-state index < -0.39 is 0 Å². The Bertz CT molecular complexity index is 402. The minimum atomic E-state index is 0.240. The minimum Gasteiger partial charge on any atom is -0.299 e. The van der Waals surface area contributed by atoms with Crippen LogP contribution in [0.3, 0.4) is 0 Å². The standard InChI is InChI=1S/C12H12BrClOS/c13-10-2-1-8(11(14)6-10)5-12(15)9-3-4-16-7-9/h1-2,6,9H,3-5,7H2. The Labute approximate surface area is 113 Å². The Morgan fingerprint density at radius 2 is 2.38 bits per heavy atom. The van der Waals surface area contributed by atoms with Crippen molar-refractivity contribution in [2.24, 2.45) is 5.92 Å². The van der Waals surface area contributed by atoms with Gasteiger partial charge in [-0.2, -0.15) is 11.8 Å². The maximum absolute atomic E-state index is 12.0. The number of hydrogen-bond donors (Lipinski definition) is 0. The van der Waals surface area contributed by atoms with Crippen LogP contribution < -0.4 is 0 Å². The summed E-state index contributed by atoms with van der Waals surface area (Å²) in [6, 6.07) is 5.69. The van der Waals surface area contributed by atoms with E-state index in [9.17, 15) is 4.79 Å². The van der Waals surface area contributed by atoms with E-state index in [1.165, 1.54) is 0 Å². The second kappa shape index (κ2) is 5.56. The zero-order valence-corrected chi connectivity index (χ0v) is 11.9. The van der Waals surface area contributed by atoms with E-state index in [1.54, 1.807) is 0 Å². The van der Waals surface area contributed by atoms with Gasteiger partial charge in [0, 0.05) is 27.6 Å². The molecule has 0 bridgehead atoms. The van der Waals surface area contributed by atoms with Crippen molar-refractivity contribution in [1.82, 2.24) is 0 Å². The van der Waals surface area contributed by atoms with Crippen molar-refractivity contribution in [2.75, 3.05) is 11.5 Å². The number of carbonyl (C=O) groups excluding carboxylic acids is 1. The summed E-state index contributed by atoms with van der Waals surface area (Å²) in [6.07, 6.45) is 1.50. The molecule has 1 atom stereocenters. The molecule has 0 radical (unpaired) electrons. The molecule has 0 spiro atoms. The van der Waals surface area contributed by atoms with E-state index in [0.717, 1.165) is 28.0 Å². The number of ketones is 1. The molecule has 0 aliphatic carbocycles. The Hall–Kier alpha value is 0.01000. The lowest BCUT2D eigenvalue weighted by molar-refractivity contribution is -0.121. The van der Waals surface area contributed by atoms with Crippen molar-refractivity contribution in [3.05, 3.63) is 33.3 Å². The van der Waals surface area contributed by atoms with E-state index in [0.29, 0.717) is 17.2 Å². The number of thioether (sulfide) groups is 1. The lowest BCUT2D eigenvalue weighted by Gasteiger charge is -2.08. The molecule has 0 aromatic heterocycles. The van der Waals surface area contributed by atoms with E-state index >= 15 is 0 Å². The van der Waals surface area contributed by atoms with Gasteiger partial charge in [-0.15, -0.1) is 0 Å². The maximum Gasteiger partial charge on any atom is 0.141 e. The van der Waals surface area contributed by atoms with E-state index in [-0.39, 0.29) is 5.92 Å². The van der Waals surface area contributed by atoms with E-state index in [1.807, 2.05) is 30.0 Å². The Morgan fingerprint density at radius 3 is 3.00 bits per heavy atom. The summed E-state index contributed by atoms with van der Waals surface area (Å²) in [5.41, 5.74) is 0.937. The zero-order valence-electron chi connectivity index (χ0n) is 8.71. The minimum absolute atomic E-state index is 0.240. The fraction of sp³-hybridized carbons (Fsp3) is 0.417. The van der Waals surface area contributed by atoms with Crippen LogP contribution in [-0.2, 0) is 11.2 Å². The van der Waals surface area contributed by atoms with Gasteiger partial charge in [0.1, 0.15) is 5.78 Å². The smallest absolute Gasteiger partial charge is 0.141 e. The molecule has 1 unspecified atom stereocenters. The Balaban J connectivity index is 2.05. The average molecular weight is 320 g/mol. The summed E-state index contributed by atoms with van der Waals surface area (Å²) in [6.45, 7) is 0. The molecule has 0 saturated carbocycles. The first-order chi connectivity index (χ1) is 7.66. The third-order valence-corrected chi connectivity index (χ3v) is 4.77. The van der Waals surface area contributed by atoms with Crippen molar-refractivity contribution >= 4 is 45.1 Å². The maximum atomic E-state index is 12.0. The summed E-state index contributed by atoms with van der Waals surface area (Å²) in [7, 11) is 0. The quantitative estimate of drug-likeness (QED) is 0.838. The predicted octanol–water partition coefficient (Wildman–Crippen LogP) is 3.97. The molecule has 0 amide bonds. The summed E-state index contributed by atoms with van der Waals surface area (Å²) in [5.74, 6) is 2.66. The number of halogens is 2. The van der Waals surface area contributed by atoms with Crippen molar-refractivity contribution in [3.63, 3.8) is 0 Å². The highest BCUT2D eigenvalue weighted by atomic mass is 79.9. The van der Waals surface area contributed by atoms with Gasteiger partial charge in [0.05, 0.1) is 0 Å². The number of carbonyl (C=O) groups is 1. The molecule has 1 saturated heterocycles. The van der Waals surface area contributed by atoms with Crippen molar-refractivity contribution in [2.45, 2.75) is 12.8 Å². The summed E-state index contributed by atoms with van der Waals surface area (Å²) in [5, 5.41) is 0.674. The van der Waals surface area contributed by atoms with Crippen LogP contribution in [0.15, 0.2) is 22.7 Å². The fourth-order valence-corrected chi connectivity index (χ4v) is 3.78. The first kappa shape index (κ1) is 12.5. The van der Waals surface area contributed by atoms with Gasteiger partial charge in [-0.05, 0) is 29.9 Å². The van der Waals surface area contributed by atoms with Gasteiger partial charge in [-0.3, -0.25) is 4.79 Å². The molecule has 1 aromatic rings. The lowest BCUT2D eigenvalue weighted by Crippen LogP contribution is -2.16. The number of rotatable bonds is 3. The first-order valence-electron chi connectivity index (χ1n) is 5.21. The fourth-order valence-electron chi connectivity index (χ4n) is 1.79.